The second-order valence-corrected chi connectivity index (χ2v) is 11.2. The van der Waals surface area contributed by atoms with E-state index in [0.717, 1.165) is 53.7 Å². The molecule has 42 heavy (non-hydrogen) atoms. The highest BCUT2D eigenvalue weighted by Gasteiger charge is 2.21. The van der Waals surface area contributed by atoms with Crippen molar-refractivity contribution in [3.8, 4) is 17.2 Å². The second-order valence-electron chi connectivity index (χ2n) is 11.2. The van der Waals surface area contributed by atoms with Crippen LogP contribution in [0.5, 0.6) is 0 Å². The highest BCUT2D eigenvalue weighted by atomic mass is 16.5. The summed E-state index contributed by atoms with van der Waals surface area (Å²) in [4.78, 5) is 11.8. The van der Waals surface area contributed by atoms with E-state index in [1.54, 1.807) is 7.11 Å². The molecule has 3 aromatic carbocycles. The normalized spacial score (nSPS) is 15.2. The predicted octanol–water partition coefficient (Wildman–Crippen LogP) is 8.90. The smallest absolute Gasteiger partial charge is 0.407 e. The molecule has 5 nitrogen and oxygen atoms in total. The standard InChI is InChI=1S/C37H42N2O3/c1-6-42-37(40)39-26(3)23-25(2)27(4)29-19-21-31(22-20-29)33-11-8-7-9-12-34-32(13-10-14-35(34)36(33)41-5)30-17-15-28(24-38)16-18-30/h8,10-11,13-22,25-27H,6-7,9,12,23H2,1-5H3,(H,39,40)/t25?,26-,27?/m1/s1. The maximum Gasteiger partial charge on any atom is 0.407 e. The Hall–Kier alpha value is -4.30. The Balaban J connectivity index is 1.64. The molecular weight excluding hydrogens is 520 g/mol. The van der Waals surface area contributed by atoms with Gasteiger partial charge in [-0.05, 0) is 91.3 Å². The summed E-state index contributed by atoms with van der Waals surface area (Å²) in [6.45, 7) is 8.69. The second kappa shape index (κ2) is 14.5. The highest BCUT2D eigenvalue weighted by Crippen LogP contribution is 2.37. The fraction of sp³-hybridized carbons (Fsp3) is 0.351. The Bertz CT molecular complexity index is 1460. The molecule has 0 heterocycles. The number of nitriles is 1. The Labute approximate surface area is 250 Å². The number of alkyl carbamates (subject to hydrolysis) is 1. The topological polar surface area (TPSA) is 71.3 Å². The van der Waals surface area contributed by atoms with Crippen LogP contribution in [0.3, 0.4) is 0 Å². The van der Waals surface area contributed by atoms with Gasteiger partial charge in [-0.3, -0.25) is 0 Å². The zero-order valence-electron chi connectivity index (χ0n) is 25.4. The van der Waals surface area contributed by atoms with Gasteiger partial charge in [0.25, 0.3) is 0 Å². The van der Waals surface area contributed by atoms with E-state index >= 15 is 0 Å². The summed E-state index contributed by atoms with van der Waals surface area (Å²) in [5.74, 6) is 1.57. The Morgan fingerprint density at radius 2 is 1.67 bits per heavy atom. The van der Waals surface area contributed by atoms with Gasteiger partial charge in [-0.1, -0.05) is 80.6 Å². The Kier molecular flexibility index (Phi) is 10.6. The van der Waals surface area contributed by atoms with Crippen molar-refractivity contribution < 1.29 is 14.3 Å². The van der Waals surface area contributed by atoms with Crippen LogP contribution in [0, 0.1) is 17.2 Å². The lowest BCUT2D eigenvalue weighted by Gasteiger charge is -2.24. The summed E-state index contributed by atoms with van der Waals surface area (Å²) in [6.07, 6.45) is 7.91. The molecule has 1 N–H and O–H groups in total. The summed E-state index contributed by atoms with van der Waals surface area (Å²) >= 11 is 0. The Morgan fingerprint density at radius 3 is 2.33 bits per heavy atom. The molecule has 218 valence electrons. The van der Waals surface area contributed by atoms with Gasteiger partial charge in [-0.15, -0.1) is 0 Å². The number of methoxy groups -OCH3 is 1. The summed E-state index contributed by atoms with van der Waals surface area (Å²) in [5.41, 5.74) is 8.77. The van der Waals surface area contributed by atoms with E-state index in [1.165, 1.54) is 16.7 Å². The third-order valence-electron chi connectivity index (χ3n) is 8.24. The molecule has 0 bridgehead atoms. The minimum absolute atomic E-state index is 0.0356. The number of benzene rings is 3. The van der Waals surface area contributed by atoms with Crippen LogP contribution in [0.25, 0.3) is 22.5 Å². The van der Waals surface area contributed by atoms with Crippen molar-refractivity contribution in [2.45, 2.75) is 65.3 Å². The summed E-state index contributed by atoms with van der Waals surface area (Å²) in [6, 6.07) is 25.3. The largest absolute Gasteiger partial charge is 0.495 e. The number of rotatable bonds is 9. The Morgan fingerprint density at radius 1 is 0.976 bits per heavy atom. The van der Waals surface area contributed by atoms with E-state index in [4.69, 9.17) is 9.47 Å². The number of carbonyl (C=O) groups is 1. The van der Waals surface area contributed by atoms with Gasteiger partial charge in [-0.25, -0.2) is 4.79 Å². The van der Waals surface area contributed by atoms with Crippen LogP contribution in [0.4, 0.5) is 4.79 Å². The number of allylic oxidation sites excluding steroid dienone is 3. The van der Waals surface area contributed by atoms with E-state index in [1.807, 2.05) is 38.1 Å². The van der Waals surface area contributed by atoms with Gasteiger partial charge >= 0.3 is 6.09 Å². The molecule has 0 radical (unpaired) electrons. The van der Waals surface area contributed by atoms with E-state index in [-0.39, 0.29) is 12.1 Å². The molecule has 5 heteroatoms. The third kappa shape index (κ3) is 7.31. The molecule has 1 amide bonds. The first kappa shape index (κ1) is 30.7. The molecular formula is C37H42N2O3. The lowest BCUT2D eigenvalue weighted by Crippen LogP contribution is -2.34. The van der Waals surface area contributed by atoms with Crippen molar-refractivity contribution >= 4 is 17.4 Å². The summed E-state index contributed by atoms with van der Waals surface area (Å²) < 4.78 is 11.2. The van der Waals surface area contributed by atoms with Crippen molar-refractivity contribution in [1.29, 1.82) is 5.26 Å². The molecule has 0 saturated heterocycles. The van der Waals surface area contributed by atoms with Crippen LogP contribution in [0.1, 0.15) is 80.7 Å². The number of hydrogen-bond donors (Lipinski definition) is 1. The average Bonchev–Trinajstić information content (AvgIpc) is 3.09. The lowest BCUT2D eigenvalue weighted by molar-refractivity contribution is 0.147. The van der Waals surface area contributed by atoms with Crippen molar-refractivity contribution in [1.82, 2.24) is 5.32 Å². The fourth-order valence-corrected chi connectivity index (χ4v) is 5.82. The molecule has 4 rings (SSSR count). The molecule has 1 aliphatic carbocycles. The maximum atomic E-state index is 11.8. The third-order valence-corrected chi connectivity index (χ3v) is 8.24. The van der Waals surface area contributed by atoms with Crippen molar-refractivity contribution in [2.24, 2.45) is 5.92 Å². The fourth-order valence-electron chi connectivity index (χ4n) is 5.82. The van der Waals surface area contributed by atoms with E-state index in [9.17, 15) is 10.1 Å². The van der Waals surface area contributed by atoms with Gasteiger partial charge in [0.1, 0.15) is 5.76 Å². The number of carbonyl (C=O) groups excluding carboxylic acids is 1. The molecule has 3 atom stereocenters. The van der Waals surface area contributed by atoms with Gasteiger partial charge in [0, 0.05) is 17.2 Å². The number of amides is 1. The van der Waals surface area contributed by atoms with Crippen LogP contribution in [0.15, 0.2) is 78.9 Å². The first-order valence-corrected chi connectivity index (χ1v) is 15.0. The van der Waals surface area contributed by atoms with Crippen LogP contribution in [-0.4, -0.2) is 25.9 Å². The van der Waals surface area contributed by atoms with Crippen LogP contribution in [-0.2, 0) is 15.9 Å². The first-order valence-electron chi connectivity index (χ1n) is 15.0. The van der Waals surface area contributed by atoms with Crippen LogP contribution in [0.2, 0.25) is 0 Å². The minimum Gasteiger partial charge on any atom is -0.495 e. The predicted molar refractivity (Wildman–Crippen MR) is 171 cm³/mol. The number of nitrogens with one attached hydrogen (secondary N) is 1. The summed E-state index contributed by atoms with van der Waals surface area (Å²) in [7, 11) is 1.75. The molecule has 0 fully saturated rings. The highest BCUT2D eigenvalue weighted by molar-refractivity contribution is 5.94. The monoisotopic (exact) mass is 562 g/mol. The first-order chi connectivity index (χ1) is 20.4. The molecule has 0 saturated carbocycles. The number of nitrogens with zero attached hydrogens (tertiary/aromatic N) is 1. The van der Waals surface area contributed by atoms with Crippen LogP contribution >= 0.6 is 0 Å². The minimum atomic E-state index is -0.356. The zero-order valence-corrected chi connectivity index (χ0v) is 25.4. The molecule has 0 spiro atoms. The van der Waals surface area contributed by atoms with Crippen molar-refractivity contribution in [3.63, 3.8) is 0 Å². The molecule has 0 aromatic heterocycles. The molecule has 1 aliphatic rings. The van der Waals surface area contributed by atoms with Crippen molar-refractivity contribution in [2.75, 3.05) is 13.7 Å². The van der Waals surface area contributed by atoms with Gasteiger partial charge in [0.15, 0.2) is 0 Å². The molecule has 3 aromatic rings. The van der Waals surface area contributed by atoms with Gasteiger partial charge < -0.3 is 14.8 Å². The number of hydrogen-bond acceptors (Lipinski definition) is 4. The molecule has 0 aliphatic heterocycles. The van der Waals surface area contributed by atoms with E-state index in [2.05, 4.69) is 79.9 Å². The number of fused-ring (bicyclic) bond motifs is 1. The quantitative estimate of drug-likeness (QED) is 0.283. The average molecular weight is 563 g/mol. The zero-order chi connectivity index (χ0) is 30.1. The van der Waals surface area contributed by atoms with Gasteiger partial charge in [0.2, 0.25) is 0 Å². The SMILES string of the molecule is CCOC(=O)N[C@H](C)CC(C)C(C)c1ccc(C2=C(OC)c3cccc(-c4ccc(C#N)cc4)c3CCCC=C2)cc1. The number of ether oxygens (including phenoxy) is 2. The van der Waals surface area contributed by atoms with E-state index < -0.39 is 0 Å². The van der Waals surface area contributed by atoms with Gasteiger partial charge in [0.05, 0.1) is 25.3 Å². The lowest BCUT2D eigenvalue weighted by atomic mass is 9.84. The molecule has 2 unspecified atom stereocenters. The van der Waals surface area contributed by atoms with Crippen LogP contribution < -0.4 is 5.32 Å². The maximum absolute atomic E-state index is 11.8. The van der Waals surface area contributed by atoms with E-state index in [0.29, 0.717) is 24.0 Å². The van der Waals surface area contributed by atoms with Gasteiger partial charge in [-0.2, -0.15) is 5.26 Å². The van der Waals surface area contributed by atoms with Crippen molar-refractivity contribution in [3.05, 3.63) is 107 Å². The summed E-state index contributed by atoms with van der Waals surface area (Å²) in [5, 5.41) is 12.2.